The fraction of sp³-hybridized carbons (Fsp3) is 0.481. The van der Waals surface area contributed by atoms with Gasteiger partial charge in [-0.25, -0.2) is 19.6 Å². The average molecular weight is 543 g/mol. The van der Waals surface area contributed by atoms with Gasteiger partial charge in [0.2, 0.25) is 0 Å². The highest BCUT2D eigenvalue weighted by molar-refractivity contribution is 7.14. The van der Waals surface area contributed by atoms with Crippen molar-refractivity contribution in [2.45, 2.75) is 64.8 Å². The van der Waals surface area contributed by atoms with Crippen molar-refractivity contribution in [3.8, 4) is 22.9 Å². The topological polar surface area (TPSA) is 112 Å². The molecule has 2 atom stereocenters. The van der Waals surface area contributed by atoms with Gasteiger partial charge in [-0.15, -0.1) is 11.3 Å². The van der Waals surface area contributed by atoms with Crippen LogP contribution in [0.2, 0.25) is 0 Å². The first-order chi connectivity index (χ1) is 18.0. The molecule has 38 heavy (non-hydrogen) atoms. The van der Waals surface area contributed by atoms with Crippen LogP contribution in [0.3, 0.4) is 0 Å². The second kappa shape index (κ2) is 11.0. The van der Waals surface area contributed by atoms with Crippen LogP contribution >= 0.6 is 11.3 Å². The number of aromatic nitrogens is 2. The molecule has 1 aromatic carbocycles. The van der Waals surface area contributed by atoms with Crippen molar-refractivity contribution in [2.75, 3.05) is 26.1 Å². The molecule has 1 amide bonds. The van der Waals surface area contributed by atoms with Gasteiger partial charge in [0.1, 0.15) is 34.9 Å². The second-order valence-electron chi connectivity index (χ2n) is 10.4. The zero-order valence-corrected chi connectivity index (χ0v) is 23.5. The largest absolute Gasteiger partial charge is 0.497 e. The summed E-state index contributed by atoms with van der Waals surface area (Å²) in [7, 11) is 2.90. The lowest BCUT2D eigenvalue weighted by Gasteiger charge is -2.27. The lowest BCUT2D eigenvalue weighted by Crippen LogP contribution is -2.44. The number of rotatable bonds is 7. The molecule has 3 heterocycles. The van der Waals surface area contributed by atoms with Crippen LogP contribution in [0.1, 0.15) is 41.0 Å². The van der Waals surface area contributed by atoms with Gasteiger partial charge in [0.15, 0.2) is 5.13 Å². The fourth-order valence-electron chi connectivity index (χ4n) is 4.18. The van der Waals surface area contributed by atoms with E-state index in [0.29, 0.717) is 28.4 Å². The number of esters is 1. The Kier molecular flexibility index (Phi) is 7.96. The standard InChI is InChI=1S/C27H34N4O6S/c1-15(2)28-25-30-21(14-38-25)20-12-23(18-9-8-16(34-6)10-19(18)29-20)36-17-11-22(24(32)35-7)31(13-17)26(33)37-27(3,4)5/h8-10,12,14-15,17,22H,11,13H2,1-7H3,(H,28,30)/t17?,22-/m0/s1. The quantitative estimate of drug-likeness (QED) is 0.407. The molecule has 11 heteroatoms. The number of carbonyl (C=O) groups excluding carboxylic acids is 2. The number of carbonyl (C=O) groups is 2. The lowest BCUT2D eigenvalue weighted by atomic mass is 10.1. The van der Waals surface area contributed by atoms with E-state index in [2.05, 4.69) is 24.1 Å². The van der Waals surface area contributed by atoms with Crippen LogP contribution in [0.4, 0.5) is 9.93 Å². The summed E-state index contributed by atoms with van der Waals surface area (Å²) < 4.78 is 22.4. The smallest absolute Gasteiger partial charge is 0.411 e. The zero-order chi connectivity index (χ0) is 27.6. The summed E-state index contributed by atoms with van der Waals surface area (Å²) in [5.74, 6) is 0.717. The third-order valence-electron chi connectivity index (χ3n) is 5.82. The first-order valence-corrected chi connectivity index (χ1v) is 13.3. The molecular weight excluding hydrogens is 508 g/mol. The highest BCUT2D eigenvalue weighted by Crippen LogP contribution is 2.35. The van der Waals surface area contributed by atoms with Gasteiger partial charge in [-0.05, 0) is 46.8 Å². The lowest BCUT2D eigenvalue weighted by molar-refractivity contribution is -0.145. The fourth-order valence-corrected chi connectivity index (χ4v) is 5.03. The number of nitrogens with one attached hydrogen (secondary N) is 1. The van der Waals surface area contributed by atoms with E-state index >= 15 is 0 Å². The number of hydrogen-bond donors (Lipinski definition) is 1. The van der Waals surface area contributed by atoms with Gasteiger partial charge >= 0.3 is 12.1 Å². The van der Waals surface area contributed by atoms with Gasteiger partial charge < -0.3 is 24.3 Å². The molecule has 0 radical (unpaired) electrons. The predicted molar refractivity (Wildman–Crippen MR) is 146 cm³/mol. The van der Waals surface area contributed by atoms with Crippen molar-refractivity contribution < 1.29 is 28.5 Å². The second-order valence-corrected chi connectivity index (χ2v) is 11.2. The number of amides is 1. The van der Waals surface area contributed by atoms with E-state index < -0.39 is 29.8 Å². The van der Waals surface area contributed by atoms with Crippen LogP contribution in [0.15, 0.2) is 29.6 Å². The first-order valence-electron chi connectivity index (χ1n) is 12.4. The molecule has 1 unspecified atom stereocenters. The number of anilines is 1. The molecule has 1 saturated heterocycles. The number of benzene rings is 1. The molecule has 10 nitrogen and oxygen atoms in total. The Balaban J connectivity index is 1.68. The minimum absolute atomic E-state index is 0.170. The van der Waals surface area contributed by atoms with Crippen molar-refractivity contribution in [1.29, 1.82) is 0 Å². The maximum Gasteiger partial charge on any atom is 0.411 e. The minimum atomic E-state index is -0.810. The van der Waals surface area contributed by atoms with Gasteiger partial charge in [0, 0.05) is 35.4 Å². The molecule has 0 spiro atoms. The molecule has 0 aliphatic carbocycles. The predicted octanol–water partition coefficient (Wildman–Crippen LogP) is 5.12. The molecule has 204 valence electrons. The van der Waals surface area contributed by atoms with Crippen LogP contribution in [-0.2, 0) is 14.3 Å². The van der Waals surface area contributed by atoms with Crippen LogP contribution in [-0.4, -0.2) is 71.5 Å². The molecule has 2 aromatic heterocycles. The van der Waals surface area contributed by atoms with Crippen molar-refractivity contribution in [3.63, 3.8) is 0 Å². The molecule has 3 aromatic rings. The van der Waals surface area contributed by atoms with Crippen LogP contribution < -0.4 is 14.8 Å². The van der Waals surface area contributed by atoms with Gasteiger partial charge in [0.05, 0.1) is 32.0 Å². The third-order valence-corrected chi connectivity index (χ3v) is 6.59. The van der Waals surface area contributed by atoms with Crippen molar-refractivity contribution in [1.82, 2.24) is 14.9 Å². The summed E-state index contributed by atoms with van der Waals surface area (Å²) in [6, 6.07) is 6.83. The summed E-state index contributed by atoms with van der Waals surface area (Å²) in [4.78, 5) is 36.3. The molecule has 0 saturated carbocycles. The minimum Gasteiger partial charge on any atom is -0.497 e. The summed E-state index contributed by atoms with van der Waals surface area (Å²) >= 11 is 1.50. The molecule has 1 aliphatic rings. The van der Waals surface area contributed by atoms with Gasteiger partial charge in [-0.1, -0.05) is 0 Å². The number of likely N-dealkylation sites (tertiary alicyclic amines) is 1. The van der Waals surface area contributed by atoms with E-state index in [0.717, 1.165) is 10.5 Å². The summed E-state index contributed by atoms with van der Waals surface area (Å²) in [6.07, 6.45) is -0.794. The van der Waals surface area contributed by atoms with Gasteiger partial charge in [0.25, 0.3) is 0 Å². The van der Waals surface area contributed by atoms with Crippen molar-refractivity contribution >= 4 is 39.4 Å². The molecule has 4 rings (SSSR count). The zero-order valence-electron chi connectivity index (χ0n) is 22.7. The molecule has 1 aliphatic heterocycles. The number of pyridine rings is 1. The van der Waals surface area contributed by atoms with Crippen LogP contribution in [0.5, 0.6) is 11.5 Å². The van der Waals surface area contributed by atoms with E-state index in [4.69, 9.17) is 23.9 Å². The highest BCUT2D eigenvalue weighted by Gasteiger charge is 2.43. The number of ether oxygens (including phenoxy) is 4. The van der Waals surface area contributed by atoms with E-state index in [9.17, 15) is 9.59 Å². The number of thiazole rings is 1. The van der Waals surface area contributed by atoms with Gasteiger partial charge in [-0.2, -0.15) is 0 Å². The van der Waals surface area contributed by atoms with E-state index in [1.165, 1.54) is 23.3 Å². The van der Waals surface area contributed by atoms with Crippen LogP contribution in [0, 0.1) is 0 Å². The van der Waals surface area contributed by atoms with Crippen molar-refractivity contribution in [2.24, 2.45) is 0 Å². The third kappa shape index (κ3) is 6.27. The molecule has 0 bridgehead atoms. The average Bonchev–Trinajstić information content (AvgIpc) is 3.49. The number of hydrogen-bond acceptors (Lipinski definition) is 10. The van der Waals surface area contributed by atoms with E-state index in [1.807, 2.05) is 29.6 Å². The number of methoxy groups -OCH3 is 2. The first kappa shape index (κ1) is 27.4. The van der Waals surface area contributed by atoms with Crippen LogP contribution in [0.25, 0.3) is 22.3 Å². The Morgan fingerprint density at radius 3 is 2.55 bits per heavy atom. The Labute approximate surface area is 226 Å². The Hall–Kier alpha value is -3.60. The molecular formula is C27H34N4O6S. The number of fused-ring (bicyclic) bond motifs is 1. The maximum atomic E-state index is 12.9. The highest BCUT2D eigenvalue weighted by atomic mass is 32.1. The summed E-state index contributed by atoms with van der Waals surface area (Å²) in [5.41, 5.74) is 1.32. The Bertz CT molecular complexity index is 1320. The number of nitrogens with zero attached hydrogens (tertiary/aromatic N) is 3. The van der Waals surface area contributed by atoms with Crippen molar-refractivity contribution in [3.05, 3.63) is 29.6 Å². The van der Waals surface area contributed by atoms with E-state index in [1.54, 1.807) is 27.9 Å². The van der Waals surface area contributed by atoms with E-state index in [-0.39, 0.29) is 19.0 Å². The monoisotopic (exact) mass is 542 g/mol. The Morgan fingerprint density at radius 2 is 1.89 bits per heavy atom. The maximum absolute atomic E-state index is 12.9. The normalized spacial score (nSPS) is 17.5. The van der Waals surface area contributed by atoms with Gasteiger partial charge in [-0.3, -0.25) is 4.90 Å². The molecule has 1 N–H and O–H groups in total. The molecule has 1 fully saturated rings. The Morgan fingerprint density at radius 1 is 1.13 bits per heavy atom. The summed E-state index contributed by atoms with van der Waals surface area (Å²) in [5, 5.41) is 6.83. The SMILES string of the molecule is COC(=O)[C@@H]1CC(Oc2cc(-c3csc(NC(C)C)n3)nc3cc(OC)ccc23)CN1C(=O)OC(C)(C)C. The summed E-state index contributed by atoms with van der Waals surface area (Å²) in [6.45, 7) is 9.61.